The third-order valence-corrected chi connectivity index (χ3v) is 3.11. The van der Waals surface area contributed by atoms with Crippen molar-refractivity contribution < 1.29 is 4.79 Å². The molecule has 1 rings (SSSR count). The summed E-state index contributed by atoms with van der Waals surface area (Å²) in [5.41, 5.74) is -0.188. The Kier molecular flexibility index (Phi) is 3.11. The number of rotatable bonds is 3. The van der Waals surface area contributed by atoms with E-state index in [1.54, 1.807) is 0 Å². The maximum Gasteiger partial charge on any atom is 0.152 e. The topological polar surface area (TPSA) is 29.1 Å². The maximum absolute atomic E-state index is 11.8. The second-order valence-electron chi connectivity index (χ2n) is 4.04. The molecular formula is C11H17NO. The van der Waals surface area contributed by atoms with Gasteiger partial charge in [0.25, 0.3) is 0 Å². The van der Waals surface area contributed by atoms with Gasteiger partial charge in [-0.2, -0.15) is 0 Å². The van der Waals surface area contributed by atoms with Crippen molar-refractivity contribution in [1.82, 2.24) is 5.32 Å². The molecule has 72 valence electrons. The summed E-state index contributed by atoms with van der Waals surface area (Å²) in [4.78, 5) is 11.8. The van der Waals surface area contributed by atoms with E-state index in [2.05, 4.69) is 25.1 Å². The summed E-state index contributed by atoms with van der Waals surface area (Å²) in [5, 5.41) is 3.24. The molecule has 0 amide bonds. The van der Waals surface area contributed by atoms with Gasteiger partial charge in [0, 0.05) is 12.0 Å². The third kappa shape index (κ3) is 1.76. The van der Waals surface area contributed by atoms with E-state index < -0.39 is 0 Å². The largest absolute Gasteiger partial charge is 0.316 e. The number of carbonyl (C=O) groups excluding carboxylic acids is 1. The molecule has 2 nitrogen and oxygen atoms in total. The molecule has 2 heteroatoms. The quantitative estimate of drug-likeness (QED) is 0.660. The van der Waals surface area contributed by atoms with Gasteiger partial charge in [0.05, 0.1) is 6.42 Å². The Morgan fingerprint density at radius 3 is 2.77 bits per heavy atom. The first-order valence-electron chi connectivity index (χ1n) is 4.81. The van der Waals surface area contributed by atoms with E-state index in [0.29, 0.717) is 5.92 Å². The molecule has 0 aromatic rings. The monoisotopic (exact) mass is 179 g/mol. The molecule has 1 aliphatic heterocycles. The van der Waals surface area contributed by atoms with Gasteiger partial charge in [0.1, 0.15) is 0 Å². The van der Waals surface area contributed by atoms with Crippen LogP contribution in [0.4, 0.5) is 0 Å². The Labute approximate surface area is 80.1 Å². The average molecular weight is 179 g/mol. The molecule has 1 saturated heterocycles. The smallest absolute Gasteiger partial charge is 0.152 e. The molecule has 0 bridgehead atoms. The van der Waals surface area contributed by atoms with E-state index in [-0.39, 0.29) is 17.6 Å². The van der Waals surface area contributed by atoms with Crippen molar-refractivity contribution in [1.29, 1.82) is 0 Å². The minimum atomic E-state index is -0.188. The van der Waals surface area contributed by atoms with Crippen LogP contribution in [0, 0.1) is 23.7 Å². The highest BCUT2D eigenvalue weighted by Gasteiger charge is 2.42. The van der Waals surface area contributed by atoms with Crippen molar-refractivity contribution >= 4 is 5.78 Å². The van der Waals surface area contributed by atoms with Crippen LogP contribution < -0.4 is 5.32 Å². The fourth-order valence-electron chi connectivity index (χ4n) is 2.03. The predicted molar refractivity (Wildman–Crippen MR) is 53.2 cm³/mol. The van der Waals surface area contributed by atoms with E-state index in [0.717, 1.165) is 19.5 Å². The van der Waals surface area contributed by atoms with Crippen molar-refractivity contribution in [3.05, 3.63) is 0 Å². The molecule has 1 N–H and O–H groups in total. The number of nitrogens with one attached hydrogen (secondary N) is 1. The minimum absolute atomic E-state index is 0.188. The Bertz CT molecular complexity index is 231. The third-order valence-electron chi connectivity index (χ3n) is 3.11. The fourth-order valence-corrected chi connectivity index (χ4v) is 2.03. The molecule has 0 aliphatic carbocycles. The normalized spacial score (nSPS) is 27.5. The Balaban J connectivity index is 2.79. The first kappa shape index (κ1) is 10.3. The van der Waals surface area contributed by atoms with Gasteiger partial charge in [-0.15, -0.1) is 6.42 Å². The lowest BCUT2D eigenvalue weighted by molar-refractivity contribution is -0.129. The van der Waals surface area contributed by atoms with Crippen LogP contribution in [0.5, 0.6) is 0 Å². The van der Waals surface area contributed by atoms with Crippen LogP contribution >= 0.6 is 0 Å². The van der Waals surface area contributed by atoms with E-state index in [9.17, 15) is 4.79 Å². The molecule has 0 saturated carbocycles. The molecule has 0 aromatic heterocycles. The Morgan fingerprint density at radius 2 is 2.38 bits per heavy atom. The zero-order valence-corrected chi connectivity index (χ0v) is 8.39. The first-order chi connectivity index (χ1) is 6.13. The number of hydrogen-bond donors (Lipinski definition) is 1. The molecule has 0 aromatic carbocycles. The number of hydrogen-bond acceptors (Lipinski definition) is 2. The molecule has 1 atom stereocenters. The van der Waals surface area contributed by atoms with Crippen molar-refractivity contribution in [3.63, 3.8) is 0 Å². The molecule has 1 unspecified atom stereocenters. The van der Waals surface area contributed by atoms with Crippen molar-refractivity contribution in [2.45, 2.75) is 26.7 Å². The van der Waals surface area contributed by atoms with E-state index in [1.165, 1.54) is 0 Å². The summed E-state index contributed by atoms with van der Waals surface area (Å²) in [6, 6.07) is 0. The van der Waals surface area contributed by atoms with Gasteiger partial charge in [-0.3, -0.25) is 4.79 Å². The highest BCUT2D eigenvalue weighted by Crippen LogP contribution is 2.35. The highest BCUT2D eigenvalue weighted by molar-refractivity contribution is 5.87. The number of carbonyl (C=O) groups is 1. The van der Waals surface area contributed by atoms with Crippen LogP contribution in [0.3, 0.4) is 0 Å². The lowest BCUT2D eigenvalue weighted by Gasteiger charge is -2.30. The molecule has 1 fully saturated rings. The average Bonchev–Trinajstić information content (AvgIpc) is 2.53. The number of terminal acetylenes is 1. The highest BCUT2D eigenvalue weighted by atomic mass is 16.1. The van der Waals surface area contributed by atoms with E-state index in [1.807, 2.05) is 0 Å². The molecular weight excluding hydrogens is 162 g/mol. The zero-order chi connectivity index (χ0) is 9.90. The van der Waals surface area contributed by atoms with Crippen LogP contribution in [0.15, 0.2) is 0 Å². The second kappa shape index (κ2) is 3.93. The molecule has 0 spiro atoms. The van der Waals surface area contributed by atoms with Crippen LogP contribution in [0.25, 0.3) is 0 Å². The molecule has 1 heterocycles. The Morgan fingerprint density at radius 1 is 1.69 bits per heavy atom. The fraction of sp³-hybridized carbons (Fsp3) is 0.727. The summed E-state index contributed by atoms with van der Waals surface area (Å²) < 4.78 is 0. The minimum Gasteiger partial charge on any atom is -0.316 e. The van der Waals surface area contributed by atoms with Crippen LogP contribution in [0.2, 0.25) is 0 Å². The van der Waals surface area contributed by atoms with Crippen molar-refractivity contribution in [2.75, 3.05) is 13.1 Å². The standard InChI is InChI=1S/C11H17NO/c1-4-5-10(13)11(9(2)3)6-7-12-8-11/h1,9,12H,5-8H2,2-3H3. The second-order valence-corrected chi connectivity index (χ2v) is 4.04. The van der Waals surface area contributed by atoms with E-state index in [4.69, 9.17) is 6.42 Å². The van der Waals surface area contributed by atoms with Gasteiger partial charge in [-0.05, 0) is 18.9 Å². The number of ketones is 1. The van der Waals surface area contributed by atoms with Gasteiger partial charge in [-0.25, -0.2) is 0 Å². The zero-order valence-electron chi connectivity index (χ0n) is 8.39. The summed E-state index contributed by atoms with van der Waals surface area (Å²) in [5.74, 6) is 3.06. The summed E-state index contributed by atoms with van der Waals surface area (Å²) >= 11 is 0. The lowest BCUT2D eigenvalue weighted by Crippen LogP contribution is -2.38. The van der Waals surface area contributed by atoms with E-state index >= 15 is 0 Å². The molecule has 13 heavy (non-hydrogen) atoms. The molecule has 1 aliphatic rings. The summed E-state index contributed by atoms with van der Waals surface area (Å²) in [7, 11) is 0. The first-order valence-corrected chi connectivity index (χ1v) is 4.81. The van der Waals surface area contributed by atoms with Gasteiger partial charge < -0.3 is 5.32 Å². The van der Waals surface area contributed by atoms with Crippen LogP contribution in [0.1, 0.15) is 26.7 Å². The van der Waals surface area contributed by atoms with Crippen LogP contribution in [-0.2, 0) is 4.79 Å². The van der Waals surface area contributed by atoms with Crippen molar-refractivity contribution in [2.24, 2.45) is 11.3 Å². The lowest BCUT2D eigenvalue weighted by atomic mass is 9.72. The van der Waals surface area contributed by atoms with Gasteiger partial charge in [0.2, 0.25) is 0 Å². The van der Waals surface area contributed by atoms with Gasteiger partial charge >= 0.3 is 0 Å². The Hall–Kier alpha value is -0.810. The van der Waals surface area contributed by atoms with Gasteiger partial charge in [-0.1, -0.05) is 19.8 Å². The molecule has 0 radical (unpaired) electrons. The van der Waals surface area contributed by atoms with Crippen molar-refractivity contribution in [3.8, 4) is 12.3 Å². The summed E-state index contributed by atoms with van der Waals surface area (Å²) in [6.07, 6.45) is 6.38. The van der Waals surface area contributed by atoms with Gasteiger partial charge in [0.15, 0.2) is 5.78 Å². The summed E-state index contributed by atoms with van der Waals surface area (Å²) in [6.45, 7) is 5.93. The predicted octanol–water partition coefficient (Wildman–Crippen LogP) is 1.21. The number of Topliss-reactive ketones (excluding diaryl/α,β-unsaturated/α-hetero) is 1. The maximum atomic E-state index is 11.8. The SMILES string of the molecule is C#CCC(=O)C1(C(C)C)CCNC1. The van der Waals surface area contributed by atoms with Crippen LogP contribution in [-0.4, -0.2) is 18.9 Å².